The number of carbonyl (C=O) groups is 1. The number of aromatic nitrogens is 3. The molecule has 2 rings (SSSR count). The molecule has 1 aliphatic rings. The number of nitrogens with zero attached hydrogens (tertiary/aromatic N) is 3. The molecular weight excluding hydrogens is 210 g/mol. The number of rotatable bonds is 4. The van der Waals surface area contributed by atoms with E-state index < -0.39 is 5.97 Å². The van der Waals surface area contributed by atoms with Gasteiger partial charge in [0.15, 0.2) is 0 Å². The van der Waals surface area contributed by atoms with Crippen molar-refractivity contribution in [2.45, 2.75) is 31.7 Å². The van der Waals surface area contributed by atoms with Gasteiger partial charge in [-0.1, -0.05) is 0 Å². The lowest BCUT2D eigenvalue weighted by molar-refractivity contribution is -0.137. The molecule has 1 aliphatic heterocycles. The molecule has 0 amide bonds. The lowest BCUT2D eigenvalue weighted by Crippen LogP contribution is -2.18. The summed E-state index contributed by atoms with van der Waals surface area (Å²) in [5.41, 5.74) is 0. The molecule has 0 radical (unpaired) electrons. The number of hydrogen-bond acceptors (Lipinski definition) is 4. The third kappa shape index (κ3) is 2.57. The molecule has 1 aromatic heterocycles. The molecule has 0 saturated carbocycles. The maximum atomic E-state index is 10.5. The molecule has 0 aromatic carbocycles. The van der Waals surface area contributed by atoms with Gasteiger partial charge in [0, 0.05) is 25.7 Å². The first kappa shape index (κ1) is 11.1. The number of carboxylic acids is 1. The summed E-state index contributed by atoms with van der Waals surface area (Å²) in [6, 6.07) is 0. The zero-order chi connectivity index (χ0) is 11.4. The van der Waals surface area contributed by atoms with Crippen LogP contribution in [0.3, 0.4) is 0 Å². The van der Waals surface area contributed by atoms with E-state index in [1.165, 1.54) is 0 Å². The van der Waals surface area contributed by atoms with Gasteiger partial charge in [-0.05, 0) is 12.8 Å². The molecule has 0 atom stereocenters. The van der Waals surface area contributed by atoms with Crippen LogP contribution in [0.1, 0.15) is 31.0 Å². The quantitative estimate of drug-likeness (QED) is 0.814. The molecule has 1 N–H and O–H groups in total. The first-order valence-electron chi connectivity index (χ1n) is 5.44. The number of carboxylic acid groups (broad SMARTS) is 1. The Kier molecular flexibility index (Phi) is 3.51. The monoisotopic (exact) mass is 225 g/mol. The van der Waals surface area contributed by atoms with Crippen LogP contribution in [0.2, 0.25) is 0 Å². The summed E-state index contributed by atoms with van der Waals surface area (Å²) in [6.07, 6.45) is 3.58. The van der Waals surface area contributed by atoms with Crippen LogP contribution in [0.15, 0.2) is 6.33 Å². The normalized spacial score (nSPS) is 17.5. The van der Waals surface area contributed by atoms with E-state index in [4.69, 9.17) is 9.84 Å². The Morgan fingerprint density at radius 1 is 1.56 bits per heavy atom. The average Bonchev–Trinajstić information content (AvgIpc) is 2.75. The van der Waals surface area contributed by atoms with E-state index in [0.29, 0.717) is 12.5 Å². The van der Waals surface area contributed by atoms with Gasteiger partial charge in [0.2, 0.25) is 0 Å². The number of aryl methyl sites for hydroxylation is 1. The van der Waals surface area contributed by atoms with Crippen LogP contribution in [-0.2, 0) is 16.1 Å². The van der Waals surface area contributed by atoms with E-state index >= 15 is 0 Å². The van der Waals surface area contributed by atoms with Gasteiger partial charge < -0.3 is 14.4 Å². The highest BCUT2D eigenvalue weighted by molar-refractivity contribution is 5.66. The van der Waals surface area contributed by atoms with Crippen molar-refractivity contribution in [1.82, 2.24) is 14.8 Å². The van der Waals surface area contributed by atoms with E-state index in [1.807, 2.05) is 4.57 Å². The van der Waals surface area contributed by atoms with Gasteiger partial charge in [-0.25, -0.2) is 0 Å². The van der Waals surface area contributed by atoms with E-state index in [-0.39, 0.29) is 6.42 Å². The zero-order valence-electron chi connectivity index (χ0n) is 9.00. The molecule has 0 aliphatic carbocycles. The SMILES string of the molecule is O=C(O)CCn1cnnc1C1CCOCC1. The Morgan fingerprint density at radius 3 is 3.00 bits per heavy atom. The average molecular weight is 225 g/mol. The molecular formula is C10H15N3O3. The maximum Gasteiger partial charge on any atom is 0.305 e. The topological polar surface area (TPSA) is 77.2 Å². The van der Waals surface area contributed by atoms with Gasteiger partial charge in [0.25, 0.3) is 0 Å². The summed E-state index contributed by atoms with van der Waals surface area (Å²) in [4.78, 5) is 10.5. The third-order valence-electron chi connectivity index (χ3n) is 2.80. The van der Waals surface area contributed by atoms with Crippen molar-refractivity contribution in [2.24, 2.45) is 0 Å². The number of ether oxygens (including phenoxy) is 1. The molecule has 0 bridgehead atoms. The second-order valence-corrected chi connectivity index (χ2v) is 3.91. The van der Waals surface area contributed by atoms with Crippen LogP contribution < -0.4 is 0 Å². The van der Waals surface area contributed by atoms with Crippen molar-refractivity contribution in [3.63, 3.8) is 0 Å². The predicted molar refractivity (Wildman–Crippen MR) is 55.1 cm³/mol. The maximum absolute atomic E-state index is 10.5. The first-order valence-corrected chi connectivity index (χ1v) is 5.44. The van der Waals surface area contributed by atoms with E-state index in [9.17, 15) is 4.79 Å². The minimum absolute atomic E-state index is 0.105. The van der Waals surface area contributed by atoms with Crippen LogP contribution in [0.25, 0.3) is 0 Å². The zero-order valence-corrected chi connectivity index (χ0v) is 9.00. The molecule has 0 unspecified atom stereocenters. The standard InChI is InChI=1S/C10H15N3O3/c14-9(15)1-4-13-7-11-12-10(13)8-2-5-16-6-3-8/h7-8H,1-6H2,(H,14,15). The highest BCUT2D eigenvalue weighted by atomic mass is 16.5. The first-order chi connectivity index (χ1) is 7.77. The van der Waals surface area contributed by atoms with Gasteiger partial charge in [0.05, 0.1) is 6.42 Å². The lowest BCUT2D eigenvalue weighted by atomic mass is 9.99. The second-order valence-electron chi connectivity index (χ2n) is 3.91. The largest absolute Gasteiger partial charge is 0.481 e. The predicted octanol–water partition coefficient (Wildman–Crippen LogP) is 0.647. The molecule has 1 aromatic rings. The summed E-state index contributed by atoms with van der Waals surface area (Å²) >= 11 is 0. The number of aliphatic carboxylic acids is 1. The Morgan fingerprint density at radius 2 is 2.31 bits per heavy atom. The summed E-state index contributed by atoms with van der Waals surface area (Å²) in [5.74, 6) is 0.446. The highest BCUT2D eigenvalue weighted by Crippen LogP contribution is 2.24. The molecule has 0 spiro atoms. The second kappa shape index (κ2) is 5.07. The van der Waals surface area contributed by atoms with Crippen molar-refractivity contribution in [3.8, 4) is 0 Å². The molecule has 1 saturated heterocycles. The Balaban J connectivity index is 2.02. The van der Waals surface area contributed by atoms with Gasteiger partial charge in [-0.3, -0.25) is 4.79 Å². The summed E-state index contributed by atoms with van der Waals surface area (Å²) in [5, 5.41) is 16.6. The van der Waals surface area contributed by atoms with E-state index in [0.717, 1.165) is 31.9 Å². The van der Waals surface area contributed by atoms with Gasteiger partial charge in [-0.2, -0.15) is 0 Å². The Labute approximate surface area is 93.2 Å². The van der Waals surface area contributed by atoms with Crippen molar-refractivity contribution < 1.29 is 14.6 Å². The Hall–Kier alpha value is -1.43. The Bertz CT molecular complexity index is 358. The molecule has 16 heavy (non-hydrogen) atoms. The number of hydrogen-bond donors (Lipinski definition) is 1. The van der Waals surface area contributed by atoms with Gasteiger partial charge >= 0.3 is 5.97 Å². The van der Waals surface area contributed by atoms with Crippen molar-refractivity contribution >= 4 is 5.97 Å². The van der Waals surface area contributed by atoms with E-state index in [2.05, 4.69) is 10.2 Å². The van der Waals surface area contributed by atoms with E-state index in [1.54, 1.807) is 6.33 Å². The lowest BCUT2D eigenvalue weighted by Gasteiger charge is -2.21. The van der Waals surface area contributed by atoms with Crippen molar-refractivity contribution in [3.05, 3.63) is 12.2 Å². The van der Waals surface area contributed by atoms with Crippen LogP contribution >= 0.6 is 0 Å². The highest BCUT2D eigenvalue weighted by Gasteiger charge is 2.21. The van der Waals surface area contributed by atoms with Crippen LogP contribution in [0.5, 0.6) is 0 Å². The van der Waals surface area contributed by atoms with Crippen molar-refractivity contribution in [2.75, 3.05) is 13.2 Å². The van der Waals surface area contributed by atoms with Gasteiger partial charge in [-0.15, -0.1) is 10.2 Å². The summed E-state index contributed by atoms with van der Waals surface area (Å²) in [6.45, 7) is 1.93. The molecule has 88 valence electrons. The smallest absolute Gasteiger partial charge is 0.305 e. The van der Waals surface area contributed by atoms with Crippen LogP contribution in [-0.4, -0.2) is 39.1 Å². The fourth-order valence-electron chi connectivity index (χ4n) is 1.92. The molecule has 1 fully saturated rings. The third-order valence-corrected chi connectivity index (χ3v) is 2.80. The fourth-order valence-corrected chi connectivity index (χ4v) is 1.92. The minimum Gasteiger partial charge on any atom is -0.481 e. The molecule has 6 nitrogen and oxygen atoms in total. The minimum atomic E-state index is -0.799. The molecule has 6 heteroatoms. The summed E-state index contributed by atoms with van der Waals surface area (Å²) in [7, 11) is 0. The molecule has 2 heterocycles. The fraction of sp³-hybridized carbons (Fsp3) is 0.700. The summed E-state index contributed by atoms with van der Waals surface area (Å²) < 4.78 is 7.12. The van der Waals surface area contributed by atoms with Crippen LogP contribution in [0.4, 0.5) is 0 Å². The van der Waals surface area contributed by atoms with Gasteiger partial charge in [0.1, 0.15) is 12.2 Å². The van der Waals surface area contributed by atoms with Crippen LogP contribution in [0, 0.1) is 0 Å². The van der Waals surface area contributed by atoms with Crippen molar-refractivity contribution in [1.29, 1.82) is 0 Å².